The molecule has 0 fully saturated rings. The van der Waals surface area contributed by atoms with Crippen LogP contribution in [0.2, 0.25) is 5.02 Å². The SMILES string of the molecule is O=C(COC(=O)CCC(=O)c1ccc2c(c1)CCC2)Nc1ccc(F)cc1Cl. The van der Waals surface area contributed by atoms with E-state index in [1.807, 2.05) is 12.1 Å². The van der Waals surface area contributed by atoms with E-state index in [0.717, 1.165) is 31.4 Å². The summed E-state index contributed by atoms with van der Waals surface area (Å²) < 4.78 is 17.9. The van der Waals surface area contributed by atoms with Crippen LogP contribution in [0, 0.1) is 5.82 Å². The number of carbonyl (C=O) groups excluding carboxylic acids is 3. The number of amides is 1. The van der Waals surface area contributed by atoms with Gasteiger partial charge in [-0.3, -0.25) is 14.4 Å². The molecule has 146 valence electrons. The van der Waals surface area contributed by atoms with E-state index < -0.39 is 24.3 Å². The standard InChI is InChI=1S/C21H19ClFNO4/c22-17-11-16(23)6-7-18(17)24-20(26)12-28-21(27)9-8-19(25)15-5-4-13-2-1-3-14(13)10-15/h4-7,10-11H,1-3,8-9,12H2,(H,24,26). The Balaban J connectivity index is 1.42. The van der Waals surface area contributed by atoms with Crippen molar-refractivity contribution >= 4 is 34.9 Å². The Morgan fingerprint density at radius 3 is 2.61 bits per heavy atom. The summed E-state index contributed by atoms with van der Waals surface area (Å²) in [5, 5.41) is 2.47. The van der Waals surface area contributed by atoms with Gasteiger partial charge in [-0.15, -0.1) is 0 Å². The first-order valence-corrected chi connectivity index (χ1v) is 9.35. The van der Waals surface area contributed by atoms with Gasteiger partial charge in [0.05, 0.1) is 17.1 Å². The van der Waals surface area contributed by atoms with Crippen molar-refractivity contribution in [2.75, 3.05) is 11.9 Å². The van der Waals surface area contributed by atoms with E-state index in [0.29, 0.717) is 5.56 Å². The quantitative estimate of drug-likeness (QED) is 0.557. The van der Waals surface area contributed by atoms with Crippen molar-refractivity contribution in [1.82, 2.24) is 0 Å². The molecule has 0 aromatic heterocycles. The molecule has 0 aliphatic heterocycles. The molecule has 0 unspecified atom stereocenters. The zero-order chi connectivity index (χ0) is 20.1. The summed E-state index contributed by atoms with van der Waals surface area (Å²) in [4.78, 5) is 35.9. The van der Waals surface area contributed by atoms with Crippen molar-refractivity contribution in [2.24, 2.45) is 0 Å². The maximum Gasteiger partial charge on any atom is 0.306 e. The van der Waals surface area contributed by atoms with Crippen molar-refractivity contribution in [3.05, 3.63) is 63.9 Å². The summed E-state index contributed by atoms with van der Waals surface area (Å²) in [6, 6.07) is 9.19. The van der Waals surface area contributed by atoms with E-state index >= 15 is 0 Å². The van der Waals surface area contributed by atoms with Gasteiger partial charge < -0.3 is 10.1 Å². The fourth-order valence-corrected chi connectivity index (χ4v) is 3.32. The molecule has 0 bridgehead atoms. The molecule has 1 aliphatic rings. The summed E-state index contributed by atoms with van der Waals surface area (Å²) in [7, 11) is 0. The third-order valence-electron chi connectivity index (χ3n) is 4.55. The molecule has 7 heteroatoms. The van der Waals surface area contributed by atoms with E-state index in [-0.39, 0.29) is 29.3 Å². The maximum atomic E-state index is 13.0. The minimum atomic E-state index is -0.644. The Kier molecular flexibility index (Phi) is 6.41. The molecule has 5 nitrogen and oxygen atoms in total. The number of esters is 1. The van der Waals surface area contributed by atoms with Gasteiger partial charge >= 0.3 is 5.97 Å². The lowest BCUT2D eigenvalue weighted by Crippen LogP contribution is -2.21. The van der Waals surface area contributed by atoms with Crippen LogP contribution in [0.4, 0.5) is 10.1 Å². The zero-order valence-electron chi connectivity index (χ0n) is 15.1. The van der Waals surface area contributed by atoms with Gasteiger partial charge in [-0.1, -0.05) is 23.7 Å². The van der Waals surface area contributed by atoms with Crippen molar-refractivity contribution in [1.29, 1.82) is 0 Å². The minimum Gasteiger partial charge on any atom is -0.456 e. The first-order chi connectivity index (χ1) is 13.4. The van der Waals surface area contributed by atoms with Gasteiger partial charge in [0.2, 0.25) is 0 Å². The third kappa shape index (κ3) is 5.16. The van der Waals surface area contributed by atoms with Crippen LogP contribution in [-0.2, 0) is 27.2 Å². The minimum absolute atomic E-state index is 0.0169. The topological polar surface area (TPSA) is 72.5 Å². The predicted octanol–water partition coefficient (Wildman–Crippen LogP) is 4.11. The highest BCUT2D eigenvalue weighted by Gasteiger charge is 2.16. The summed E-state index contributed by atoms with van der Waals surface area (Å²) in [6.07, 6.45) is 3.03. The number of carbonyl (C=O) groups is 3. The predicted molar refractivity (Wildman–Crippen MR) is 103 cm³/mol. The molecule has 0 saturated carbocycles. The molecular formula is C21H19ClFNO4. The number of anilines is 1. The lowest BCUT2D eigenvalue weighted by Gasteiger charge is -2.08. The number of Topliss-reactive ketones (excluding diaryl/α,β-unsaturated/α-hetero) is 1. The van der Waals surface area contributed by atoms with E-state index in [9.17, 15) is 18.8 Å². The number of benzene rings is 2. The molecular weight excluding hydrogens is 385 g/mol. The number of hydrogen-bond donors (Lipinski definition) is 1. The number of aryl methyl sites for hydroxylation is 2. The number of nitrogens with one attached hydrogen (secondary N) is 1. The number of ether oxygens (including phenoxy) is 1. The molecule has 2 aromatic carbocycles. The largest absolute Gasteiger partial charge is 0.456 e. The van der Waals surface area contributed by atoms with Crippen LogP contribution in [0.1, 0.15) is 40.7 Å². The van der Waals surface area contributed by atoms with Gasteiger partial charge in [0.15, 0.2) is 12.4 Å². The van der Waals surface area contributed by atoms with Crippen molar-refractivity contribution in [2.45, 2.75) is 32.1 Å². The van der Waals surface area contributed by atoms with Gasteiger partial charge in [0.1, 0.15) is 5.82 Å². The highest BCUT2D eigenvalue weighted by atomic mass is 35.5. The number of hydrogen-bond acceptors (Lipinski definition) is 4. The van der Waals surface area contributed by atoms with Gasteiger partial charge in [-0.05, 0) is 54.7 Å². The Morgan fingerprint density at radius 2 is 1.82 bits per heavy atom. The lowest BCUT2D eigenvalue weighted by molar-refractivity contribution is -0.147. The molecule has 1 amide bonds. The van der Waals surface area contributed by atoms with Crippen LogP contribution in [-0.4, -0.2) is 24.3 Å². The number of fused-ring (bicyclic) bond motifs is 1. The monoisotopic (exact) mass is 403 g/mol. The second kappa shape index (κ2) is 8.97. The Labute approximate surface area is 166 Å². The Morgan fingerprint density at radius 1 is 1.04 bits per heavy atom. The number of ketones is 1. The molecule has 0 spiro atoms. The molecule has 0 saturated heterocycles. The first kappa shape index (κ1) is 20.0. The molecule has 0 radical (unpaired) electrons. The number of halogens is 2. The van der Waals surface area contributed by atoms with Gasteiger partial charge in [0.25, 0.3) is 5.91 Å². The fourth-order valence-electron chi connectivity index (χ4n) is 3.10. The van der Waals surface area contributed by atoms with E-state index in [1.54, 1.807) is 6.07 Å². The summed E-state index contributed by atoms with van der Waals surface area (Å²) in [6.45, 7) is -0.514. The Hall–Kier alpha value is -2.73. The normalized spacial score (nSPS) is 12.4. The molecule has 0 atom stereocenters. The van der Waals surface area contributed by atoms with Crippen LogP contribution in [0.5, 0.6) is 0 Å². The fraction of sp³-hybridized carbons (Fsp3) is 0.286. The molecule has 1 N–H and O–H groups in total. The summed E-state index contributed by atoms with van der Waals surface area (Å²) in [5.74, 6) is -1.90. The number of rotatable bonds is 7. The Bertz CT molecular complexity index is 929. The van der Waals surface area contributed by atoms with E-state index in [4.69, 9.17) is 16.3 Å². The molecule has 0 heterocycles. The van der Waals surface area contributed by atoms with Gasteiger partial charge in [-0.25, -0.2) is 4.39 Å². The molecule has 2 aromatic rings. The molecule has 3 rings (SSSR count). The molecule has 1 aliphatic carbocycles. The lowest BCUT2D eigenvalue weighted by atomic mass is 10.0. The first-order valence-electron chi connectivity index (χ1n) is 8.98. The zero-order valence-corrected chi connectivity index (χ0v) is 15.9. The van der Waals surface area contributed by atoms with Crippen molar-refractivity contribution in [3.8, 4) is 0 Å². The highest BCUT2D eigenvalue weighted by molar-refractivity contribution is 6.33. The summed E-state index contributed by atoms with van der Waals surface area (Å²) >= 11 is 5.81. The molecule has 28 heavy (non-hydrogen) atoms. The van der Waals surface area contributed by atoms with Crippen LogP contribution >= 0.6 is 11.6 Å². The smallest absolute Gasteiger partial charge is 0.306 e. The van der Waals surface area contributed by atoms with E-state index in [2.05, 4.69) is 5.32 Å². The van der Waals surface area contributed by atoms with E-state index in [1.165, 1.54) is 17.2 Å². The van der Waals surface area contributed by atoms with Gasteiger partial charge in [0, 0.05) is 12.0 Å². The van der Waals surface area contributed by atoms with Crippen LogP contribution in [0.3, 0.4) is 0 Å². The summed E-state index contributed by atoms with van der Waals surface area (Å²) in [5.41, 5.74) is 3.29. The average Bonchev–Trinajstić information content (AvgIpc) is 3.14. The van der Waals surface area contributed by atoms with Crippen LogP contribution in [0.25, 0.3) is 0 Å². The second-order valence-electron chi connectivity index (χ2n) is 6.59. The van der Waals surface area contributed by atoms with Crippen LogP contribution < -0.4 is 5.32 Å². The maximum absolute atomic E-state index is 13.0. The second-order valence-corrected chi connectivity index (χ2v) is 7.00. The highest BCUT2D eigenvalue weighted by Crippen LogP contribution is 2.24. The van der Waals surface area contributed by atoms with Gasteiger partial charge in [-0.2, -0.15) is 0 Å². The third-order valence-corrected chi connectivity index (χ3v) is 4.86. The van der Waals surface area contributed by atoms with Crippen molar-refractivity contribution in [3.63, 3.8) is 0 Å². The van der Waals surface area contributed by atoms with Crippen LogP contribution in [0.15, 0.2) is 36.4 Å². The average molecular weight is 404 g/mol. The van der Waals surface area contributed by atoms with Crippen molar-refractivity contribution < 1.29 is 23.5 Å².